The molecule has 1 aromatic rings. The van der Waals surface area contributed by atoms with Crippen LogP contribution >= 0.6 is 11.8 Å². The van der Waals surface area contributed by atoms with Gasteiger partial charge in [-0.2, -0.15) is 0 Å². The van der Waals surface area contributed by atoms with Crippen LogP contribution in [0.5, 0.6) is 0 Å². The van der Waals surface area contributed by atoms with Crippen molar-refractivity contribution in [1.29, 1.82) is 0 Å². The lowest BCUT2D eigenvalue weighted by molar-refractivity contribution is -0.159. The first-order valence-electron chi connectivity index (χ1n) is 12.8. The molecule has 0 aliphatic carbocycles. The number of carbonyl (C=O) groups excluding carboxylic acids is 4. The van der Waals surface area contributed by atoms with Gasteiger partial charge in [0.15, 0.2) is 5.12 Å². The van der Waals surface area contributed by atoms with Crippen LogP contribution < -0.4 is 5.32 Å². The van der Waals surface area contributed by atoms with E-state index in [2.05, 4.69) is 18.8 Å². The molecule has 1 N–H and O–H groups in total. The maximum atomic E-state index is 14.2. The Morgan fingerprint density at radius 1 is 1.14 bits per heavy atom. The molecule has 0 aromatic heterocycles. The number of hydrogen-bond acceptors (Lipinski definition) is 7. The molecule has 3 unspecified atom stereocenters. The van der Waals surface area contributed by atoms with Gasteiger partial charge in [-0.25, -0.2) is 4.79 Å². The van der Waals surface area contributed by atoms with Crippen molar-refractivity contribution < 1.29 is 28.7 Å². The normalized spacial score (nSPS) is 14.5. The number of carbonyl (C=O) groups is 4. The Balaban J connectivity index is 3.48. The van der Waals surface area contributed by atoms with Crippen LogP contribution in [0.3, 0.4) is 0 Å². The van der Waals surface area contributed by atoms with Crippen LogP contribution in [0.2, 0.25) is 0 Å². The van der Waals surface area contributed by atoms with E-state index in [1.807, 2.05) is 50.3 Å². The summed E-state index contributed by atoms with van der Waals surface area (Å²) in [7, 11) is 1.24. The van der Waals surface area contributed by atoms with E-state index in [-0.39, 0.29) is 10.9 Å². The van der Waals surface area contributed by atoms with Gasteiger partial charge in [-0.05, 0) is 36.7 Å². The number of methoxy groups -OCH3 is 1. The van der Waals surface area contributed by atoms with Gasteiger partial charge in [0.05, 0.1) is 12.5 Å². The van der Waals surface area contributed by atoms with Crippen molar-refractivity contribution in [2.45, 2.75) is 85.3 Å². The first-order chi connectivity index (χ1) is 17.4. The second-order valence-electron chi connectivity index (χ2n) is 10.1. The summed E-state index contributed by atoms with van der Waals surface area (Å²) < 4.78 is 10.7. The fraction of sp³-hybridized carbons (Fsp3) is 0.586. The quantitative estimate of drug-likeness (QED) is 0.228. The third kappa shape index (κ3) is 10.7. The number of thioether (sulfide) groups is 1. The molecule has 0 bridgehead atoms. The minimum atomic E-state index is -1.02. The van der Waals surface area contributed by atoms with Crippen LogP contribution in [0.4, 0.5) is 0 Å². The highest BCUT2D eigenvalue weighted by molar-refractivity contribution is 8.13. The van der Waals surface area contributed by atoms with E-state index in [0.29, 0.717) is 25.7 Å². The molecule has 1 aromatic carbocycles. The van der Waals surface area contributed by atoms with E-state index in [4.69, 9.17) is 9.47 Å². The standard InChI is InChI=1S/C29H43NO6S/c1-8-10-18-29(20-28(5,6)9-2,27(34)37-19-24(26(33)35-7)30-21(3)31)25(36-22(4)32)17-16-23-14-12-11-13-15-23/h9,11-15,24-25H,2,8,10,16-20H2,1,3-7H3,(H,30,31). The molecular formula is C29H43NO6S. The maximum absolute atomic E-state index is 14.2. The van der Waals surface area contributed by atoms with Crippen molar-refractivity contribution >= 4 is 34.7 Å². The van der Waals surface area contributed by atoms with E-state index < -0.39 is 40.8 Å². The summed E-state index contributed by atoms with van der Waals surface area (Å²) in [6, 6.07) is 8.91. The number of allylic oxidation sites excluding steroid dienone is 1. The van der Waals surface area contributed by atoms with E-state index in [1.165, 1.54) is 21.0 Å². The van der Waals surface area contributed by atoms with E-state index >= 15 is 0 Å². The summed E-state index contributed by atoms with van der Waals surface area (Å²) in [5.41, 5.74) is -0.354. The molecule has 0 heterocycles. The molecule has 8 heteroatoms. The fourth-order valence-electron chi connectivity index (χ4n) is 4.50. The van der Waals surface area contributed by atoms with Crippen molar-refractivity contribution in [2.75, 3.05) is 12.9 Å². The van der Waals surface area contributed by atoms with Crippen molar-refractivity contribution in [2.24, 2.45) is 10.8 Å². The van der Waals surface area contributed by atoms with Gasteiger partial charge in [0, 0.05) is 19.6 Å². The summed E-state index contributed by atoms with van der Waals surface area (Å²) in [6.07, 6.45) is 4.81. The zero-order valence-electron chi connectivity index (χ0n) is 23.1. The van der Waals surface area contributed by atoms with E-state index in [0.717, 1.165) is 30.2 Å². The van der Waals surface area contributed by atoms with Gasteiger partial charge >= 0.3 is 11.9 Å². The highest BCUT2D eigenvalue weighted by Crippen LogP contribution is 2.47. The van der Waals surface area contributed by atoms with Crippen molar-refractivity contribution in [3.8, 4) is 0 Å². The van der Waals surface area contributed by atoms with E-state index in [9.17, 15) is 19.2 Å². The van der Waals surface area contributed by atoms with Gasteiger partial charge in [-0.1, -0.05) is 81.8 Å². The zero-order valence-corrected chi connectivity index (χ0v) is 23.9. The fourth-order valence-corrected chi connectivity index (χ4v) is 5.63. The molecule has 0 saturated heterocycles. The SMILES string of the molecule is C=CC(C)(C)CC(CCCC)(C(=O)SCC(NC(C)=O)C(=O)OC)C(CCc1ccccc1)OC(C)=O. The Kier molecular flexibility index (Phi) is 13.7. The van der Waals surface area contributed by atoms with Crippen LogP contribution in [0.25, 0.3) is 0 Å². The molecule has 0 aliphatic heterocycles. The average molecular weight is 534 g/mol. The molecular weight excluding hydrogens is 490 g/mol. The predicted octanol–water partition coefficient (Wildman–Crippen LogP) is 5.27. The maximum Gasteiger partial charge on any atom is 0.329 e. The van der Waals surface area contributed by atoms with Crippen LogP contribution in [-0.2, 0) is 35.1 Å². The number of rotatable bonds is 16. The number of unbranched alkanes of at least 4 members (excludes halogenated alkanes) is 1. The third-order valence-corrected chi connectivity index (χ3v) is 7.58. The van der Waals surface area contributed by atoms with Crippen LogP contribution in [0, 0.1) is 10.8 Å². The lowest BCUT2D eigenvalue weighted by Crippen LogP contribution is -2.48. The van der Waals surface area contributed by atoms with Gasteiger partial charge in [-0.15, -0.1) is 6.58 Å². The Hall–Kier alpha value is -2.61. The van der Waals surface area contributed by atoms with Crippen molar-refractivity contribution in [3.05, 3.63) is 48.6 Å². The number of benzene rings is 1. The Morgan fingerprint density at radius 3 is 2.30 bits per heavy atom. The molecule has 0 spiro atoms. The summed E-state index contributed by atoms with van der Waals surface area (Å²) in [6.45, 7) is 12.7. The van der Waals surface area contributed by atoms with E-state index in [1.54, 1.807) is 0 Å². The van der Waals surface area contributed by atoms with Crippen LogP contribution in [0.1, 0.15) is 72.3 Å². The van der Waals surface area contributed by atoms with Crippen LogP contribution in [0.15, 0.2) is 43.0 Å². The Morgan fingerprint density at radius 2 is 1.78 bits per heavy atom. The number of esters is 2. The second-order valence-corrected chi connectivity index (χ2v) is 11.1. The molecule has 1 amide bonds. The summed E-state index contributed by atoms with van der Waals surface area (Å²) in [4.78, 5) is 50.4. The van der Waals surface area contributed by atoms with Gasteiger partial charge in [0.2, 0.25) is 5.91 Å². The third-order valence-electron chi connectivity index (χ3n) is 6.41. The monoisotopic (exact) mass is 533 g/mol. The number of nitrogens with one attached hydrogen (secondary N) is 1. The molecule has 206 valence electrons. The average Bonchev–Trinajstić information content (AvgIpc) is 2.86. The summed E-state index contributed by atoms with van der Waals surface area (Å²) in [5.74, 6) is -1.45. The first-order valence-corrected chi connectivity index (χ1v) is 13.8. The Labute approximate surface area is 226 Å². The van der Waals surface area contributed by atoms with Crippen molar-refractivity contribution in [1.82, 2.24) is 5.32 Å². The molecule has 37 heavy (non-hydrogen) atoms. The topological polar surface area (TPSA) is 98.8 Å². The van der Waals surface area contributed by atoms with Gasteiger partial charge in [0.25, 0.3) is 0 Å². The lowest BCUT2D eigenvalue weighted by atomic mass is 9.66. The molecule has 7 nitrogen and oxygen atoms in total. The summed E-state index contributed by atoms with van der Waals surface area (Å²) in [5, 5.41) is 2.39. The number of aryl methyl sites for hydroxylation is 1. The number of hydrogen-bond donors (Lipinski definition) is 1. The molecule has 1 rings (SSSR count). The van der Waals surface area contributed by atoms with Gasteiger partial charge < -0.3 is 14.8 Å². The molecule has 3 atom stereocenters. The van der Waals surface area contributed by atoms with Crippen molar-refractivity contribution in [3.63, 3.8) is 0 Å². The van der Waals surface area contributed by atoms with Crippen LogP contribution in [-0.4, -0.2) is 48.0 Å². The first kappa shape index (κ1) is 32.4. The molecule has 0 radical (unpaired) electrons. The van der Waals surface area contributed by atoms with Gasteiger partial charge in [-0.3, -0.25) is 14.4 Å². The molecule has 0 fully saturated rings. The second kappa shape index (κ2) is 15.6. The predicted molar refractivity (Wildman–Crippen MR) is 148 cm³/mol. The highest BCUT2D eigenvalue weighted by atomic mass is 32.2. The highest BCUT2D eigenvalue weighted by Gasteiger charge is 2.49. The molecule has 0 aliphatic rings. The number of amides is 1. The smallest absolute Gasteiger partial charge is 0.329 e. The number of ether oxygens (including phenoxy) is 2. The molecule has 0 saturated carbocycles. The van der Waals surface area contributed by atoms with Gasteiger partial charge in [0.1, 0.15) is 12.1 Å². The minimum absolute atomic E-state index is 0.0129. The Bertz CT molecular complexity index is 916. The summed E-state index contributed by atoms with van der Waals surface area (Å²) >= 11 is 0.976. The largest absolute Gasteiger partial charge is 0.467 e. The minimum Gasteiger partial charge on any atom is -0.467 e. The zero-order chi connectivity index (χ0) is 28.1. The lowest BCUT2D eigenvalue weighted by Gasteiger charge is -2.43.